The van der Waals surface area contributed by atoms with Crippen molar-refractivity contribution >= 4 is 11.8 Å². The molecule has 1 aromatic heterocycles. The van der Waals surface area contributed by atoms with Crippen molar-refractivity contribution in [1.82, 2.24) is 20.3 Å². The molecular weight excluding hydrogens is 196 g/mol. The number of hydrogen-bond donors (Lipinski definition) is 1. The van der Waals surface area contributed by atoms with Gasteiger partial charge in [0.1, 0.15) is 5.69 Å². The van der Waals surface area contributed by atoms with Crippen molar-refractivity contribution < 1.29 is 0 Å². The lowest BCUT2D eigenvalue weighted by Crippen LogP contribution is -2.25. The Morgan fingerprint density at radius 3 is 3.07 bits per heavy atom. The van der Waals surface area contributed by atoms with Crippen LogP contribution in [0.15, 0.2) is 6.20 Å². The van der Waals surface area contributed by atoms with Crippen molar-refractivity contribution in [3.8, 4) is 0 Å². The summed E-state index contributed by atoms with van der Waals surface area (Å²) in [6.45, 7) is 5.31. The van der Waals surface area contributed by atoms with Crippen LogP contribution >= 0.6 is 11.8 Å². The van der Waals surface area contributed by atoms with Gasteiger partial charge in [-0.2, -0.15) is 0 Å². The summed E-state index contributed by atoms with van der Waals surface area (Å²) in [6, 6.07) is 0.393. The third kappa shape index (κ3) is 2.09. The molecule has 0 radical (unpaired) electrons. The maximum atomic E-state index is 4.19. The van der Waals surface area contributed by atoms with E-state index in [1.54, 1.807) is 0 Å². The van der Waals surface area contributed by atoms with Crippen molar-refractivity contribution in [3.63, 3.8) is 0 Å². The van der Waals surface area contributed by atoms with Gasteiger partial charge in [0.25, 0.3) is 0 Å². The molecule has 1 aliphatic heterocycles. The minimum Gasteiger partial charge on any atom is -0.300 e. The lowest BCUT2D eigenvalue weighted by Gasteiger charge is -2.20. The summed E-state index contributed by atoms with van der Waals surface area (Å²) in [7, 11) is 0. The molecule has 0 aromatic carbocycles. The molecule has 0 aliphatic carbocycles. The second kappa shape index (κ2) is 4.31. The van der Waals surface area contributed by atoms with E-state index in [1.807, 2.05) is 22.6 Å². The Balaban J connectivity index is 2.07. The van der Waals surface area contributed by atoms with Crippen LogP contribution in [0.5, 0.6) is 0 Å². The van der Waals surface area contributed by atoms with E-state index in [0.717, 1.165) is 12.2 Å². The Hall–Kier alpha value is -0.550. The fourth-order valence-corrected chi connectivity index (χ4v) is 2.48. The van der Waals surface area contributed by atoms with Crippen LogP contribution in [0.3, 0.4) is 0 Å². The van der Waals surface area contributed by atoms with E-state index < -0.39 is 0 Å². The van der Waals surface area contributed by atoms with Crippen LogP contribution < -0.4 is 5.32 Å². The van der Waals surface area contributed by atoms with Crippen LogP contribution in [0, 0.1) is 0 Å². The fourth-order valence-electron chi connectivity index (χ4n) is 1.42. The summed E-state index contributed by atoms with van der Waals surface area (Å²) < 4.78 is 1.91. The number of thioether (sulfide) groups is 1. The lowest BCUT2D eigenvalue weighted by molar-refractivity contribution is 0.514. The second-order valence-corrected chi connectivity index (χ2v) is 4.99. The van der Waals surface area contributed by atoms with Crippen molar-refractivity contribution in [2.75, 3.05) is 12.3 Å². The van der Waals surface area contributed by atoms with Crippen molar-refractivity contribution in [2.24, 2.45) is 0 Å². The molecule has 4 nitrogen and oxygen atoms in total. The average Bonchev–Trinajstić information content (AvgIpc) is 2.68. The molecule has 1 atom stereocenters. The molecule has 2 heterocycles. The van der Waals surface area contributed by atoms with Gasteiger partial charge in [-0.3, -0.25) is 0 Å². The minimum absolute atomic E-state index is 0.344. The number of aromatic nitrogens is 3. The lowest BCUT2D eigenvalue weighted by atomic mass is 10.4. The van der Waals surface area contributed by atoms with Gasteiger partial charge in [0, 0.05) is 6.04 Å². The predicted molar refractivity (Wildman–Crippen MR) is 58.2 cm³/mol. The largest absolute Gasteiger partial charge is 0.300 e. The van der Waals surface area contributed by atoms with Crippen molar-refractivity contribution in [2.45, 2.75) is 31.7 Å². The zero-order chi connectivity index (χ0) is 9.97. The third-order valence-electron chi connectivity index (χ3n) is 2.26. The van der Waals surface area contributed by atoms with E-state index in [-0.39, 0.29) is 0 Å². The molecule has 1 aliphatic rings. The molecule has 5 heteroatoms. The molecular formula is C9H16N4S. The zero-order valence-corrected chi connectivity index (χ0v) is 9.42. The molecule has 2 rings (SSSR count). The predicted octanol–water partition coefficient (Wildman–Crippen LogP) is 1.58. The quantitative estimate of drug-likeness (QED) is 0.808. The van der Waals surface area contributed by atoms with Crippen LogP contribution in [0.4, 0.5) is 0 Å². The minimum atomic E-state index is 0.344. The van der Waals surface area contributed by atoms with Crippen LogP contribution in [-0.2, 0) is 0 Å². The summed E-state index contributed by atoms with van der Waals surface area (Å²) >= 11 is 1.91. The topological polar surface area (TPSA) is 42.7 Å². The number of rotatable bonds is 2. The van der Waals surface area contributed by atoms with E-state index in [9.17, 15) is 0 Å². The molecule has 0 spiro atoms. The van der Waals surface area contributed by atoms with Gasteiger partial charge < -0.3 is 5.32 Å². The van der Waals surface area contributed by atoms with Gasteiger partial charge in [0.15, 0.2) is 0 Å². The first-order chi connectivity index (χ1) is 6.77. The number of hydrogen-bond acceptors (Lipinski definition) is 4. The van der Waals surface area contributed by atoms with E-state index in [2.05, 4.69) is 29.5 Å². The SMILES string of the molecule is CC(C)n1cc(C2NCCCS2)nn1. The molecule has 0 saturated carbocycles. The number of nitrogens with zero attached hydrogens (tertiary/aromatic N) is 3. The summed E-state index contributed by atoms with van der Waals surface area (Å²) in [5, 5.41) is 12.1. The maximum absolute atomic E-state index is 4.19. The van der Waals surface area contributed by atoms with Crippen molar-refractivity contribution in [3.05, 3.63) is 11.9 Å². The standard InChI is InChI=1S/C9H16N4S/c1-7(2)13-6-8(11-12-13)9-10-4-3-5-14-9/h6-7,9-10H,3-5H2,1-2H3. The normalized spacial score (nSPS) is 22.9. The molecule has 14 heavy (non-hydrogen) atoms. The van der Waals surface area contributed by atoms with Crippen LogP contribution in [-0.4, -0.2) is 27.3 Å². The molecule has 1 N–H and O–H groups in total. The Morgan fingerprint density at radius 2 is 2.50 bits per heavy atom. The second-order valence-electron chi connectivity index (χ2n) is 3.78. The van der Waals surface area contributed by atoms with E-state index in [1.165, 1.54) is 12.2 Å². The Morgan fingerprint density at radius 1 is 1.64 bits per heavy atom. The van der Waals surface area contributed by atoms with Crippen LogP contribution in [0.25, 0.3) is 0 Å². The van der Waals surface area contributed by atoms with Gasteiger partial charge in [0.05, 0.1) is 11.6 Å². The Labute approximate surface area is 88.4 Å². The summed E-state index contributed by atoms with van der Waals surface area (Å²) in [6.07, 6.45) is 3.29. The van der Waals surface area contributed by atoms with E-state index in [4.69, 9.17) is 0 Å². The van der Waals surface area contributed by atoms with E-state index >= 15 is 0 Å². The highest BCUT2D eigenvalue weighted by atomic mass is 32.2. The first-order valence-electron chi connectivity index (χ1n) is 5.04. The highest BCUT2D eigenvalue weighted by Crippen LogP contribution is 2.27. The summed E-state index contributed by atoms with van der Waals surface area (Å²) in [4.78, 5) is 0. The van der Waals surface area contributed by atoms with Crippen LogP contribution in [0.1, 0.15) is 37.4 Å². The Kier molecular flexibility index (Phi) is 3.08. The molecule has 1 fully saturated rings. The molecule has 1 unspecified atom stereocenters. The van der Waals surface area contributed by atoms with Gasteiger partial charge >= 0.3 is 0 Å². The van der Waals surface area contributed by atoms with Gasteiger partial charge in [-0.15, -0.1) is 16.9 Å². The van der Waals surface area contributed by atoms with Crippen molar-refractivity contribution in [1.29, 1.82) is 0 Å². The molecule has 78 valence electrons. The third-order valence-corrected chi connectivity index (χ3v) is 3.53. The summed E-state index contributed by atoms with van der Waals surface area (Å²) in [5.74, 6) is 1.21. The Bertz CT molecular complexity index is 291. The molecule has 1 aromatic rings. The molecule has 1 saturated heterocycles. The smallest absolute Gasteiger partial charge is 0.110 e. The van der Waals surface area contributed by atoms with Gasteiger partial charge in [-0.25, -0.2) is 4.68 Å². The first kappa shape index (κ1) is 9.98. The highest BCUT2D eigenvalue weighted by Gasteiger charge is 2.18. The van der Waals surface area contributed by atoms with Crippen LogP contribution in [0.2, 0.25) is 0 Å². The zero-order valence-electron chi connectivity index (χ0n) is 8.60. The molecule has 0 bridgehead atoms. The average molecular weight is 212 g/mol. The number of nitrogens with one attached hydrogen (secondary N) is 1. The van der Waals surface area contributed by atoms with E-state index in [0.29, 0.717) is 11.4 Å². The first-order valence-corrected chi connectivity index (χ1v) is 6.09. The monoisotopic (exact) mass is 212 g/mol. The fraction of sp³-hybridized carbons (Fsp3) is 0.778. The summed E-state index contributed by atoms with van der Waals surface area (Å²) in [5.41, 5.74) is 1.06. The highest BCUT2D eigenvalue weighted by molar-refractivity contribution is 7.99. The molecule has 0 amide bonds. The van der Waals surface area contributed by atoms with Gasteiger partial charge in [-0.1, -0.05) is 5.21 Å². The van der Waals surface area contributed by atoms with Gasteiger partial charge in [-0.05, 0) is 32.6 Å². The maximum Gasteiger partial charge on any atom is 0.110 e. The van der Waals surface area contributed by atoms with Gasteiger partial charge in [0.2, 0.25) is 0 Å².